The van der Waals surface area contributed by atoms with Crippen molar-refractivity contribution in [3.8, 4) is 0 Å². The van der Waals surface area contributed by atoms with Gasteiger partial charge in [0.05, 0.1) is 7.11 Å². The Labute approximate surface area is 175 Å². The van der Waals surface area contributed by atoms with E-state index in [-0.39, 0.29) is 12.1 Å². The molecule has 166 valence electrons. The van der Waals surface area contributed by atoms with Crippen LogP contribution in [0.25, 0.3) is 0 Å². The van der Waals surface area contributed by atoms with Crippen molar-refractivity contribution in [1.82, 2.24) is 0 Å². The highest BCUT2D eigenvalue weighted by atomic mass is 16.5. The van der Waals surface area contributed by atoms with E-state index in [2.05, 4.69) is 23.8 Å². The summed E-state index contributed by atoms with van der Waals surface area (Å²) < 4.78 is 10.0. The molecule has 0 aliphatic heterocycles. The topological polar surface area (TPSA) is 89.9 Å². The Bertz CT molecular complexity index is 509. The van der Waals surface area contributed by atoms with Gasteiger partial charge in [0.15, 0.2) is 0 Å². The molecule has 1 N–H and O–H groups in total. The van der Waals surface area contributed by atoms with E-state index >= 15 is 0 Å². The molecule has 1 unspecified atom stereocenters. The van der Waals surface area contributed by atoms with Crippen LogP contribution < -0.4 is 0 Å². The molecule has 6 heteroatoms. The summed E-state index contributed by atoms with van der Waals surface area (Å²) in [6, 6.07) is 0. The van der Waals surface area contributed by atoms with Crippen molar-refractivity contribution < 1.29 is 29.0 Å². The number of carbonyl (C=O) groups excluding carboxylic acids is 2. The largest absolute Gasteiger partial charge is 0.478 e. The van der Waals surface area contributed by atoms with Gasteiger partial charge in [0, 0.05) is 25.0 Å². The zero-order valence-electron chi connectivity index (χ0n) is 18.1. The molecule has 0 amide bonds. The smallest absolute Gasteiger partial charge is 0.331 e. The minimum absolute atomic E-state index is 0.142. The number of rotatable bonds is 18. The maximum Gasteiger partial charge on any atom is 0.331 e. The van der Waals surface area contributed by atoms with Crippen LogP contribution in [0.15, 0.2) is 24.3 Å². The van der Waals surface area contributed by atoms with E-state index in [1.165, 1.54) is 7.11 Å². The van der Waals surface area contributed by atoms with Gasteiger partial charge < -0.3 is 14.6 Å². The third-order valence-electron chi connectivity index (χ3n) is 4.57. The summed E-state index contributed by atoms with van der Waals surface area (Å²) in [5, 5.41) is 8.60. The predicted molar refractivity (Wildman–Crippen MR) is 114 cm³/mol. The fourth-order valence-electron chi connectivity index (χ4n) is 2.90. The van der Waals surface area contributed by atoms with Crippen LogP contribution in [-0.2, 0) is 23.9 Å². The molecule has 0 aromatic carbocycles. The molecule has 0 aromatic rings. The van der Waals surface area contributed by atoms with Crippen LogP contribution in [-0.4, -0.2) is 36.2 Å². The lowest BCUT2D eigenvalue weighted by molar-refractivity contribution is -0.144. The Morgan fingerprint density at radius 3 is 2.28 bits per heavy atom. The summed E-state index contributed by atoms with van der Waals surface area (Å²) >= 11 is 0. The Kier molecular flexibility index (Phi) is 17.8. The van der Waals surface area contributed by atoms with Crippen molar-refractivity contribution in [2.75, 3.05) is 7.11 Å². The fraction of sp³-hybridized carbons (Fsp3) is 0.696. The monoisotopic (exact) mass is 410 g/mol. The van der Waals surface area contributed by atoms with Crippen LogP contribution in [0, 0.1) is 0 Å². The highest BCUT2D eigenvalue weighted by molar-refractivity contribution is 5.90. The number of carboxylic acids is 1. The summed E-state index contributed by atoms with van der Waals surface area (Å²) in [6.45, 7) is 2.15. The van der Waals surface area contributed by atoms with Gasteiger partial charge in [-0.25, -0.2) is 9.59 Å². The zero-order chi connectivity index (χ0) is 21.7. The third-order valence-corrected chi connectivity index (χ3v) is 4.57. The molecule has 0 fully saturated rings. The minimum Gasteiger partial charge on any atom is -0.478 e. The van der Waals surface area contributed by atoms with E-state index in [0.29, 0.717) is 12.8 Å². The summed E-state index contributed by atoms with van der Waals surface area (Å²) in [4.78, 5) is 33.3. The fourth-order valence-corrected chi connectivity index (χ4v) is 2.90. The van der Waals surface area contributed by atoms with E-state index in [4.69, 9.17) is 9.84 Å². The molecule has 0 spiro atoms. The third kappa shape index (κ3) is 19.0. The summed E-state index contributed by atoms with van der Waals surface area (Å²) in [7, 11) is 1.41. The van der Waals surface area contributed by atoms with Crippen molar-refractivity contribution >= 4 is 17.9 Å². The summed E-state index contributed by atoms with van der Waals surface area (Å²) in [6.07, 6.45) is 18.3. The maximum atomic E-state index is 11.7. The lowest BCUT2D eigenvalue weighted by atomic mass is 10.1. The first-order chi connectivity index (χ1) is 14.0. The quantitative estimate of drug-likeness (QED) is 0.142. The average molecular weight is 411 g/mol. The van der Waals surface area contributed by atoms with Crippen LogP contribution in [0.3, 0.4) is 0 Å². The number of ether oxygens (including phenoxy) is 2. The number of aliphatic carboxylic acids is 1. The van der Waals surface area contributed by atoms with Gasteiger partial charge in [-0.3, -0.25) is 4.79 Å². The summed E-state index contributed by atoms with van der Waals surface area (Å²) in [5.41, 5.74) is 0. The van der Waals surface area contributed by atoms with Gasteiger partial charge in [0.2, 0.25) is 0 Å². The van der Waals surface area contributed by atoms with Crippen molar-refractivity contribution in [2.45, 2.75) is 96.5 Å². The molecule has 1 atom stereocenters. The number of unbranched alkanes of at least 4 members (excludes halogenated alkanes) is 8. The number of carbonyl (C=O) groups is 3. The van der Waals surface area contributed by atoms with Crippen LogP contribution in [0.5, 0.6) is 0 Å². The number of esters is 2. The van der Waals surface area contributed by atoms with Crippen LogP contribution in [0.4, 0.5) is 0 Å². The molecular formula is C23H38O6. The normalized spacial score (nSPS) is 12.3. The van der Waals surface area contributed by atoms with Crippen molar-refractivity contribution in [1.29, 1.82) is 0 Å². The molecule has 0 saturated carbocycles. The predicted octanol–water partition coefficient (Wildman–Crippen LogP) is 5.36. The van der Waals surface area contributed by atoms with Gasteiger partial charge >= 0.3 is 17.9 Å². The Hall–Kier alpha value is -2.11. The van der Waals surface area contributed by atoms with Gasteiger partial charge in [-0.05, 0) is 32.1 Å². The highest BCUT2D eigenvalue weighted by Gasteiger charge is 2.11. The van der Waals surface area contributed by atoms with Crippen molar-refractivity contribution in [3.05, 3.63) is 24.3 Å². The highest BCUT2D eigenvalue weighted by Crippen LogP contribution is 2.14. The molecule has 0 saturated heterocycles. The van der Waals surface area contributed by atoms with E-state index in [1.807, 2.05) is 0 Å². The molecule has 0 aromatic heterocycles. The number of allylic oxidation sites excluding steroid dienone is 1. The molecule has 0 heterocycles. The number of hydrogen-bond acceptors (Lipinski definition) is 5. The molecule has 0 radical (unpaired) electrons. The molecule has 0 bridgehead atoms. The molecule has 29 heavy (non-hydrogen) atoms. The molecule has 0 aliphatic carbocycles. The van der Waals surface area contributed by atoms with Gasteiger partial charge in [0.25, 0.3) is 0 Å². The Morgan fingerprint density at radius 1 is 0.897 bits per heavy atom. The summed E-state index contributed by atoms with van der Waals surface area (Å²) in [5.74, 6) is -1.91. The zero-order valence-corrected chi connectivity index (χ0v) is 18.1. The average Bonchev–Trinajstić information content (AvgIpc) is 2.70. The lowest BCUT2D eigenvalue weighted by Crippen LogP contribution is -2.16. The van der Waals surface area contributed by atoms with E-state index in [9.17, 15) is 14.4 Å². The Morgan fingerprint density at radius 2 is 1.59 bits per heavy atom. The lowest BCUT2D eigenvalue weighted by Gasteiger charge is -2.15. The van der Waals surface area contributed by atoms with E-state index < -0.39 is 11.9 Å². The van der Waals surface area contributed by atoms with Gasteiger partial charge in [-0.2, -0.15) is 0 Å². The standard InChI is InChI=1S/C23H38O6/c1-3-4-5-12-15-20(29-23(27)19-18-21(24)25)16-13-10-8-6-7-9-11-14-17-22(26)28-2/h10,13,18-20H,3-9,11-12,14-17H2,1-2H3,(H,24,25)/b13-10+,19-18-. The molecule has 0 aliphatic rings. The minimum atomic E-state index is -1.16. The number of hydrogen-bond donors (Lipinski definition) is 1. The number of carboxylic acid groups (broad SMARTS) is 1. The van der Waals surface area contributed by atoms with Crippen LogP contribution >= 0.6 is 0 Å². The molecule has 6 nitrogen and oxygen atoms in total. The van der Waals surface area contributed by atoms with Gasteiger partial charge in [0.1, 0.15) is 6.10 Å². The Balaban J connectivity index is 4.07. The van der Waals surface area contributed by atoms with Gasteiger partial charge in [-0.1, -0.05) is 57.6 Å². The van der Waals surface area contributed by atoms with Crippen LogP contribution in [0.2, 0.25) is 0 Å². The molecule has 0 rings (SSSR count). The van der Waals surface area contributed by atoms with Crippen molar-refractivity contribution in [2.24, 2.45) is 0 Å². The number of methoxy groups -OCH3 is 1. The second kappa shape index (κ2) is 19.2. The van der Waals surface area contributed by atoms with Crippen molar-refractivity contribution in [3.63, 3.8) is 0 Å². The SMILES string of the molecule is CCCCCCC(C/C=C/CCCCCCCC(=O)OC)OC(=O)/C=C\C(=O)O. The molecular weight excluding hydrogens is 372 g/mol. The maximum absolute atomic E-state index is 11.7. The first kappa shape index (κ1) is 26.9. The second-order valence-corrected chi connectivity index (χ2v) is 7.17. The van der Waals surface area contributed by atoms with Gasteiger partial charge in [-0.15, -0.1) is 0 Å². The first-order valence-electron chi connectivity index (χ1n) is 10.8. The van der Waals surface area contributed by atoms with E-state index in [1.54, 1.807) is 0 Å². The first-order valence-corrected chi connectivity index (χ1v) is 10.8. The second-order valence-electron chi connectivity index (χ2n) is 7.17. The van der Waals surface area contributed by atoms with E-state index in [0.717, 1.165) is 82.8 Å². The van der Waals surface area contributed by atoms with Crippen LogP contribution in [0.1, 0.15) is 90.4 Å².